The average Bonchev–Trinajstić information content (AvgIpc) is 3.66. The van der Waals surface area contributed by atoms with Crippen molar-refractivity contribution in [3.8, 4) is 28.6 Å². The highest BCUT2D eigenvalue weighted by Gasteiger charge is 2.29. The second kappa shape index (κ2) is 9.64. The van der Waals surface area contributed by atoms with Crippen LogP contribution in [0.15, 0.2) is 57.4 Å². The Kier molecular flexibility index (Phi) is 5.99. The lowest BCUT2D eigenvalue weighted by atomic mass is 10.0. The number of nitrogens with zero attached hydrogens (tertiary/aromatic N) is 3. The van der Waals surface area contributed by atoms with Crippen molar-refractivity contribution in [1.82, 2.24) is 19.5 Å². The number of oxazole rings is 1. The van der Waals surface area contributed by atoms with Gasteiger partial charge in [-0.25, -0.2) is 24.1 Å². The molecule has 2 aromatic carbocycles. The van der Waals surface area contributed by atoms with Crippen molar-refractivity contribution in [2.75, 3.05) is 18.5 Å². The van der Waals surface area contributed by atoms with E-state index in [9.17, 15) is 19.5 Å². The van der Waals surface area contributed by atoms with Crippen molar-refractivity contribution in [3.05, 3.63) is 69.9 Å². The summed E-state index contributed by atoms with van der Waals surface area (Å²) in [4.78, 5) is 48.5. The molecule has 1 amide bonds. The molecule has 0 unspecified atom stereocenters. The number of aromatic carboxylic acids is 1. The van der Waals surface area contributed by atoms with Crippen LogP contribution in [0.3, 0.4) is 0 Å². The monoisotopic (exact) mass is 549 g/mol. The van der Waals surface area contributed by atoms with Crippen LogP contribution in [0.25, 0.3) is 22.4 Å². The zero-order chi connectivity index (χ0) is 27.1. The SMILES string of the molecule is O=C(O)c1csc(NC(=O)[C@H](Cc2ccc3ocnc3c2)n2c(O)c(-c3ccc4c(c3)OCCO4)[nH]c2=O)n1. The van der Waals surface area contributed by atoms with Crippen LogP contribution in [-0.4, -0.2) is 54.8 Å². The fourth-order valence-electron chi connectivity index (χ4n) is 4.30. The first-order valence-electron chi connectivity index (χ1n) is 11.6. The van der Waals surface area contributed by atoms with E-state index in [1.807, 2.05) is 0 Å². The van der Waals surface area contributed by atoms with Crippen molar-refractivity contribution in [1.29, 1.82) is 0 Å². The molecule has 0 bridgehead atoms. The molecule has 4 heterocycles. The summed E-state index contributed by atoms with van der Waals surface area (Å²) in [6.07, 6.45) is 1.28. The number of ether oxygens (including phenoxy) is 2. The van der Waals surface area contributed by atoms with E-state index in [4.69, 9.17) is 19.0 Å². The van der Waals surface area contributed by atoms with Crippen molar-refractivity contribution < 1.29 is 33.7 Å². The zero-order valence-electron chi connectivity index (χ0n) is 19.9. The third-order valence-corrected chi connectivity index (χ3v) is 6.88. The number of amides is 1. The Labute approximate surface area is 222 Å². The number of carboxylic acids is 1. The number of hydrogen-bond acceptors (Lipinski definition) is 10. The number of thiazole rings is 1. The molecular weight excluding hydrogens is 530 g/mol. The number of aromatic hydroxyl groups is 1. The quantitative estimate of drug-likeness (QED) is 0.235. The highest BCUT2D eigenvalue weighted by atomic mass is 32.1. The highest BCUT2D eigenvalue weighted by Crippen LogP contribution is 2.37. The number of imidazole rings is 1. The molecule has 1 atom stereocenters. The van der Waals surface area contributed by atoms with Gasteiger partial charge in [-0.1, -0.05) is 6.07 Å². The maximum atomic E-state index is 13.5. The summed E-state index contributed by atoms with van der Waals surface area (Å²) in [6.45, 7) is 0.771. The largest absolute Gasteiger partial charge is 0.493 e. The Morgan fingerprint density at radius 2 is 1.97 bits per heavy atom. The van der Waals surface area contributed by atoms with E-state index in [0.29, 0.717) is 46.9 Å². The van der Waals surface area contributed by atoms with Crippen molar-refractivity contribution in [2.24, 2.45) is 0 Å². The predicted octanol–water partition coefficient (Wildman–Crippen LogP) is 3.04. The Morgan fingerprint density at radius 1 is 1.15 bits per heavy atom. The molecule has 1 aliphatic heterocycles. The van der Waals surface area contributed by atoms with E-state index >= 15 is 0 Å². The molecule has 198 valence electrons. The third-order valence-electron chi connectivity index (χ3n) is 6.12. The first kappa shape index (κ1) is 24.2. The van der Waals surface area contributed by atoms with E-state index in [-0.39, 0.29) is 22.9 Å². The summed E-state index contributed by atoms with van der Waals surface area (Å²) < 4.78 is 17.4. The first-order valence-corrected chi connectivity index (χ1v) is 12.5. The number of carbonyl (C=O) groups excluding carboxylic acids is 1. The predicted molar refractivity (Wildman–Crippen MR) is 138 cm³/mol. The summed E-state index contributed by atoms with van der Waals surface area (Å²) in [6, 6.07) is 8.81. The molecule has 0 radical (unpaired) electrons. The first-order chi connectivity index (χ1) is 18.9. The van der Waals surface area contributed by atoms with Crippen LogP contribution in [0.1, 0.15) is 22.1 Å². The number of aromatic amines is 1. The van der Waals surface area contributed by atoms with Gasteiger partial charge in [0.05, 0.1) is 0 Å². The molecule has 0 spiro atoms. The van der Waals surface area contributed by atoms with Crippen LogP contribution in [0, 0.1) is 0 Å². The molecule has 1 aliphatic rings. The molecule has 14 heteroatoms. The summed E-state index contributed by atoms with van der Waals surface area (Å²) in [5.74, 6) is -1.40. The lowest BCUT2D eigenvalue weighted by molar-refractivity contribution is -0.119. The second-order valence-corrected chi connectivity index (χ2v) is 9.42. The number of aromatic nitrogens is 4. The number of carboxylic acid groups (broad SMARTS) is 1. The maximum Gasteiger partial charge on any atom is 0.355 e. The van der Waals surface area contributed by atoms with Gasteiger partial charge < -0.3 is 34.4 Å². The standard InChI is InChI=1S/C25H19N5O8S/c31-21(29-24-27-15(10-39-24)23(33)34)16(8-12-1-3-17-14(7-12)26-11-38-17)30-22(32)20(28-25(30)35)13-2-4-18-19(9-13)37-6-5-36-18/h1-4,7,9-11,16,32H,5-6,8H2,(H,28,35)(H,33,34)(H,27,29,31)/t16-/m0/s1. The Balaban J connectivity index is 1.39. The minimum Gasteiger partial charge on any atom is -0.493 e. The minimum atomic E-state index is -1.25. The molecule has 3 aromatic heterocycles. The molecule has 0 aliphatic carbocycles. The van der Waals surface area contributed by atoms with Gasteiger partial charge in [0.2, 0.25) is 11.8 Å². The van der Waals surface area contributed by atoms with Crippen LogP contribution in [0.4, 0.5) is 5.13 Å². The summed E-state index contributed by atoms with van der Waals surface area (Å²) in [7, 11) is 0. The molecule has 39 heavy (non-hydrogen) atoms. The Bertz CT molecular complexity index is 1780. The van der Waals surface area contributed by atoms with E-state index in [1.165, 1.54) is 11.8 Å². The molecule has 4 N–H and O–H groups in total. The van der Waals surface area contributed by atoms with Gasteiger partial charge in [0.15, 0.2) is 34.3 Å². The van der Waals surface area contributed by atoms with Crippen LogP contribution in [0.2, 0.25) is 0 Å². The second-order valence-electron chi connectivity index (χ2n) is 8.56. The van der Waals surface area contributed by atoms with E-state index in [2.05, 4.69) is 20.3 Å². The van der Waals surface area contributed by atoms with Crippen LogP contribution >= 0.6 is 11.3 Å². The van der Waals surface area contributed by atoms with Crippen LogP contribution in [-0.2, 0) is 11.2 Å². The van der Waals surface area contributed by atoms with Gasteiger partial charge >= 0.3 is 11.7 Å². The topological polar surface area (TPSA) is 182 Å². The molecule has 0 saturated heterocycles. The molecule has 0 saturated carbocycles. The third kappa shape index (κ3) is 4.57. The summed E-state index contributed by atoms with van der Waals surface area (Å²) >= 11 is 0.922. The molecule has 5 aromatic rings. The van der Waals surface area contributed by atoms with Gasteiger partial charge in [0, 0.05) is 17.4 Å². The van der Waals surface area contributed by atoms with Crippen molar-refractivity contribution in [2.45, 2.75) is 12.5 Å². The fraction of sp³-hybridized carbons (Fsp3) is 0.160. The van der Waals surface area contributed by atoms with Gasteiger partial charge in [-0.15, -0.1) is 11.3 Å². The number of nitrogens with one attached hydrogen (secondary N) is 2. The highest BCUT2D eigenvalue weighted by molar-refractivity contribution is 7.14. The fourth-order valence-corrected chi connectivity index (χ4v) is 4.99. The lowest BCUT2D eigenvalue weighted by Crippen LogP contribution is -2.33. The Morgan fingerprint density at radius 3 is 2.77 bits per heavy atom. The van der Waals surface area contributed by atoms with Crippen molar-refractivity contribution in [3.63, 3.8) is 0 Å². The number of carbonyl (C=O) groups is 2. The molecule has 6 rings (SSSR count). The van der Waals surface area contributed by atoms with Gasteiger partial charge in [0.25, 0.3) is 0 Å². The summed E-state index contributed by atoms with van der Waals surface area (Å²) in [5.41, 5.74) is 1.31. The average molecular weight is 550 g/mol. The normalized spacial score (nSPS) is 13.3. The van der Waals surface area contributed by atoms with Crippen LogP contribution in [0.5, 0.6) is 17.4 Å². The van der Waals surface area contributed by atoms with E-state index in [1.54, 1.807) is 36.4 Å². The number of rotatable bonds is 7. The van der Waals surface area contributed by atoms with E-state index in [0.717, 1.165) is 15.9 Å². The zero-order valence-corrected chi connectivity index (χ0v) is 20.7. The number of benzene rings is 2. The van der Waals surface area contributed by atoms with Gasteiger partial charge in [-0.3, -0.25) is 4.79 Å². The lowest BCUT2D eigenvalue weighted by Gasteiger charge is -2.19. The molecule has 13 nitrogen and oxygen atoms in total. The maximum absolute atomic E-state index is 13.5. The number of H-pyrrole nitrogens is 1. The molecular formula is C25H19N5O8S. The Hall–Kier alpha value is -5.11. The van der Waals surface area contributed by atoms with Gasteiger partial charge in [0.1, 0.15) is 30.5 Å². The minimum absolute atomic E-state index is 0.0162. The van der Waals surface area contributed by atoms with Crippen molar-refractivity contribution >= 4 is 39.4 Å². The van der Waals surface area contributed by atoms with E-state index < -0.39 is 29.5 Å². The summed E-state index contributed by atoms with van der Waals surface area (Å²) in [5, 5.41) is 24.2. The smallest absolute Gasteiger partial charge is 0.355 e. The number of anilines is 1. The molecule has 0 fully saturated rings. The number of fused-ring (bicyclic) bond motifs is 2. The number of hydrogen-bond donors (Lipinski definition) is 4. The van der Waals surface area contributed by atoms with Crippen LogP contribution < -0.4 is 20.5 Å². The van der Waals surface area contributed by atoms with Gasteiger partial charge in [-0.2, -0.15) is 0 Å². The van der Waals surface area contributed by atoms with Gasteiger partial charge in [-0.05, 0) is 35.9 Å².